The van der Waals surface area contributed by atoms with Crippen LogP contribution in [-0.4, -0.2) is 53.1 Å². The van der Waals surface area contributed by atoms with Gasteiger partial charge in [-0.1, -0.05) is 173 Å². The molecule has 3 unspecified atom stereocenters. The Kier molecular flexibility index (Phi) is 32.4. The molecule has 0 radical (unpaired) electrons. The molecule has 47 heavy (non-hydrogen) atoms. The molecule has 0 heterocycles. The number of amides is 1. The molecule has 0 fully saturated rings. The number of allylic oxidation sites excluding steroid dienone is 3. The first-order valence-electron chi connectivity index (χ1n) is 19.6. The van der Waals surface area contributed by atoms with Gasteiger partial charge >= 0.3 is 0 Å². The van der Waals surface area contributed by atoms with Crippen molar-refractivity contribution in [2.45, 2.75) is 212 Å². The Labute approximate surface area is 290 Å². The quantitative estimate of drug-likeness (QED) is 0.0299. The standard InChI is InChI=1S/C39H75NO6S/c1-3-5-7-9-11-13-15-17-18-19-20-21-22-24-26-28-30-32-34-38(42)39(43)40-36(35-47(44,45)46)37(41)33-31-29-27-25-23-16-14-12-10-8-6-4-2/h19-20,31,33,36-38,41-42H,3-18,21-30,32,34-35H2,1-2H3,(H,40,43)(H,44,45,46)/b20-19-,33-31+. The molecule has 7 nitrogen and oxygen atoms in total. The van der Waals surface area contributed by atoms with Gasteiger partial charge in [-0.25, -0.2) is 0 Å². The van der Waals surface area contributed by atoms with Gasteiger partial charge in [0, 0.05) is 0 Å². The van der Waals surface area contributed by atoms with Crippen molar-refractivity contribution >= 4 is 16.0 Å². The molecule has 0 bridgehead atoms. The third-order valence-corrected chi connectivity index (χ3v) is 9.76. The van der Waals surface area contributed by atoms with Crippen molar-refractivity contribution in [3.63, 3.8) is 0 Å². The molecule has 0 aromatic heterocycles. The maximum atomic E-state index is 12.6. The first-order chi connectivity index (χ1) is 22.7. The molecule has 0 aliphatic carbocycles. The third kappa shape index (κ3) is 33.1. The summed E-state index contributed by atoms with van der Waals surface area (Å²) in [6.07, 6.45) is 38.0. The van der Waals surface area contributed by atoms with Crippen LogP contribution in [0.4, 0.5) is 0 Å². The van der Waals surface area contributed by atoms with E-state index in [2.05, 4.69) is 31.3 Å². The van der Waals surface area contributed by atoms with E-state index < -0.39 is 40.0 Å². The fraction of sp³-hybridized carbons (Fsp3) is 0.872. The summed E-state index contributed by atoms with van der Waals surface area (Å²) >= 11 is 0. The molecular formula is C39H75NO6S. The molecule has 0 aliphatic rings. The van der Waals surface area contributed by atoms with E-state index in [4.69, 9.17) is 0 Å². The summed E-state index contributed by atoms with van der Waals surface area (Å²) in [5.74, 6) is -1.54. The highest BCUT2D eigenvalue weighted by atomic mass is 32.2. The van der Waals surface area contributed by atoms with Crippen LogP contribution in [0.1, 0.15) is 194 Å². The van der Waals surface area contributed by atoms with E-state index in [1.165, 1.54) is 128 Å². The van der Waals surface area contributed by atoms with Crippen molar-refractivity contribution in [3.8, 4) is 0 Å². The first kappa shape index (κ1) is 45.8. The topological polar surface area (TPSA) is 124 Å². The van der Waals surface area contributed by atoms with Crippen LogP contribution in [0, 0.1) is 0 Å². The van der Waals surface area contributed by atoms with Gasteiger partial charge < -0.3 is 15.5 Å². The van der Waals surface area contributed by atoms with E-state index in [0.717, 1.165) is 44.9 Å². The Morgan fingerprint density at radius 2 is 0.936 bits per heavy atom. The number of hydrogen-bond donors (Lipinski definition) is 4. The molecule has 3 atom stereocenters. The molecule has 0 aliphatic heterocycles. The first-order valence-corrected chi connectivity index (χ1v) is 21.3. The lowest BCUT2D eigenvalue weighted by Crippen LogP contribution is -2.50. The van der Waals surface area contributed by atoms with Crippen molar-refractivity contribution in [1.29, 1.82) is 0 Å². The zero-order valence-electron chi connectivity index (χ0n) is 30.5. The van der Waals surface area contributed by atoms with Gasteiger partial charge in [0.05, 0.1) is 17.9 Å². The minimum Gasteiger partial charge on any atom is -0.387 e. The zero-order valence-corrected chi connectivity index (χ0v) is 31.3. The fourth-order valence-electron chi connectivity index (χ4n) is 5.92. The second-order valence-corrected chi connectivity index (χ2v) is 15.2. The van der Waals surface area contributed by atoms with Gasteiger partial charge in [-0.05, 0) is 44.9 Å². The number of unbranched alkanes of at least 4 members (excludes halogenated alkanes) is 24. The van der Waals surface area contributed by atoms with Crippen LogP contribution in [0.5, 0.6) is 0 Å². The predicted molar refractivity (Wildman–Crippen MR) is 199 cm³/mol. The van der Waals surface area contributed by atoms with Crippen LogP contribution in [0.15, 0.2) is 24.3 Å². The largest absolute Gasteiger partial charge is 0.387 e. The molecule has 1 amide bonds. The molecular weight excluding hydrogens is 610 g/mol. The summed E-state index contributed by atoms with van der Waals surface area (Å²) in [4.78, 5) is 12.6. The monoisotopic (exact) mass is 686 g/mol. The van der Waals surface area contributed by atoms with Gasteiger partial charge in [0.15, 0.2) is 0 Å². The molecule has 0 aromatic carbocycles. The van der Waals surface area contributed by atoms with Crippen LogP contribution in [0.25, 0.3) is 0 Å². The molecule has 4 N–H and O–H groups in total. The molecule has 0 rings (SSSR count). The predicted octanol–water partition coefficient (Wildman–Crippen LogP) is 10.2. The van der Waals surface area contributed by atoms with Crippen molar-refractivity contribution in [1.82, 2.24) is 5.32 Å². The Bertz CT molecular complexity index is 860. The lowest BCUT2D eigenvalue weighted by atomic mass is 10.0. The average Bonchev–Trinajstić information content (AvgIpc) is 3.03. The number of rotatable bonds is 35. The van der Waals surface area contributed by atoms with Crippen LogP contribution < -0.4 is 5.32 Å². The molecule has 8 heteroatoms. The van der Waals surface area contributed by atoms with Gasteiger partial charge in [-0.15, -0.1) is 0 Å². The lowest BCUT2D eigenvalue weighted by molar-refractivity contribution is -0.130. The Hall–Kier alpha value is -1.22. The van der Waals surface area contributed by atoms with Gasteiger partial charge in [0.1, 0.15) is 6.10 Å². The maximum absolute atomic E-state index is 12.6. The van der Waals surface area contributed by atoms with Crippen LogP contribution >= 0.6 is 0 Å². The van der Waals surface area contributed by atoms with Gasteiger partial charge in [-0.3, -0.25) is 9.35 Å². The SMILES string of the molecule is CCCCCCCCCC/C=C\CCCCCCCCC(O)C(=O)NC(CS(=O)(=O)O)C(O)/C=C/CCCCCCCCCCCC. The number of hydrogen-bond acceptors (Lipinski definition) is 5. The van der Waals surface area contributed by atoms with Crippen molar-refractivity contribution in [2.24, 2.45) is 0 Å². The second kappa shape index (κ2) is 33.3. The normalized spacial score (nSPS) is 14.2. The van der Waals surface area contributed by atoms with Gasteiger partial charge in [0.2, 0.25) is 5.91 Å². The minimum absolute atomic E-state index is 0.274. The molecule has 0 aromatic rings. The molecule has 0 spiro atoms. The van der Waals surface area contributed by atoms with E-state index in [1.807, 2.05) is 0 Å². The summed E-state index contributed by atoms with van der Waals surface area (Å²) in [6, 6.07) is -1.23. The number of aliphatic hydroxyl groups excluding tert-OH is 2. The number of carbonyl (C=O) groups excluding carboxylic acids is 1. The highest BCUT2D eigenvalue weighted by molar-refractivity contribution is 7.85. The maximum Gasteiger partial charge on any atom is 0.267 e. The van der Waals surface area contributed by atoms with Crippen molar-refractivity contribution < 1.29 is 28.0 Å². The summed E-state index contributed by atoms with van der Waals surface area (Å²) in [6.45, 7) is 4.49. The second-order valence-electron chi connectivity index (χ2n) is 13.7. The zero-order chi connectivity index (χ0) is 34.9. The van der Waals surface area contributed by atoms with Crippen LogP contribution in [-0.2, 0) is 14.9 Å². The molecule has 0 saturated heterocycles. The summed E-state index contributed by atoms with van der Waals surface area (Å²) in [7, 11) is -4.44. The Balaban J connectivity index is 4.05. The Morgan fingerprint density at radius 1 is 0.574 bits per heavy atom. The van der Waals surface area contributed by atoms with Crippen LogP contribution in [0.3, 0.4) is 0 Å². The van der Waals surface area contributed by atoms with Gasteiger partial charge in [0.25, 0.3) is 10.1 Å². The average molecular weight is 686 g/mol. The number of carbonyl (C=O) groups is 1. The highest BCUT2D eigenvalue weighted by Crippen LogP contribution is 2.14. The number of aliphatic hydroxyl groups is 2. The summed E-state index contributed by atoms with van der Waals surface area (Å²) in [5, 5.41) is 23.3. The highest BCUT2D eigenvalue weighted by Gasteiger charge is 2.27. The fourth-order valence-corrected chi connectivity index (χ4v) is 6.66. The van der Waals surface area contributed by atoms with Crippen molar-refractivity contribution in [3.05, 3.63) is 24.3 Å². The summed E-state index contributed by atoms with van der Waals surface area (Å²) in [5.41, 5.74) is 0. The Morgan fingerprint density at radius 3 is 1.34 bits per heavy atom. The third-order valence-electron chi connectivity index (χ3n) is 8.98. The number of nitrogens with one attached hydrogen (secondary N) is 1. The van der Waals surface area contributed by atoms with E-state index in [9.17, 15) is 28.0 Å². The molecule has 0 saturated carbocycles. The van der Waals surface area contributed by atoms with E-state index in [-0.39, 0.29) is 6.42 Å². The van der Waals surface area contributed by atoms with Crippen LogP contribution in [0.2, 0.25) is 0 Å². The van der Waals surface area contributed by atoms with E-state index >= 15 is 0 Å². The summed E-state index contributed by atoms with van der Waals surface area (Å²) < 4.78 is 32.4. The van der Waals surface area contributed by atoms with Gasteiger partial charge in [-0.2, -0.15) is 8.42 Å². The lowest BCUT2D eigenvalue weighted by Gasteiger charge is -2.22. The van der Waals surface area contributed by atoms with E-state index in [0.29, 0.717) is 6.42 Å². The minimum atomic E-state index is -4.44. The van der Waals surface area contributed by atoms with E-state index in [1.54, 1.807) is 6.08 Å². The molecule has 278 valence electrons. The van der Waals surface area contributed by atoms with Crippen molar-refractivity contribution in [2.75, 3.05) is 5.75 Å². The smallest absolute Gasteiger partial charge is 0.267 e.